The molecule has 3 aromatic rings. The lowest BCUT2D eigenvalue weighted by atomic mass is 10.0. The van der Waals surface area contributed by atoms with E-state index >= 15 is 0 Å². The fourth-order valence-electron chi connectivity index (χ4n) is 3.13. The van der Waals surface area contributed by atoms with Gasteiger partial charge in [0.15, 0.2) is 0 Å². The van der Waals surface area contributed by atoms with Crippen LogP contribution in [0.3, 0.4) is 0 Å². The maximum Gasteiger partial charge on any atom is 0.254 e. The van der Waals surface area contributed by atoms with Gasteiger partial charge in [-0.3, -0.25) is 4.79 Å². The van der Waals surface area contributed by atoms with Gasteiger partial charge in [0.1, 0.15) is 5.82 Å². The van der Waals surface area contributed by atoms with Crippen molar-refractivity contribution in [3.8, 4) is 0 Å². The minimum Gasteiger partial charge on any atom is -0.369 e. The Morgan fingerprint density at radius 1 is 1.29 bits per heavy atom. The number of amides is 1. The van der Waals surface area contributed by atoms with Crippen LogP contribution in [-0.2, 0) is 13.0 Å². The average molecular weight is 321 g/mol. The summed E-state index contributed by atoms with van der Waals surface area (Å²) in [6.45, 7) is 4.06. The highest BCUT2D eigenvalue weighted by molar-refractivity contribution is 5.98. The van der Waals surface area contributed by atoms with E-state index in [1.165, 1.54) is 0 Å². The molecule has 0 bridgehead atoms. The standard InChI is InChI=1S/C18H19N5O/c1-2-19-17-10-14-11-23(8-6-15(14)21-22-17)18(24)13-4-3-12-5-7-20-16(12)9-13/h3-5,7,9-10,20H,2,6,8,11H2,1H3,(H,19,22). The molecule has 2 aromatic heterocycles. The normalized spacial score (nSPS) is 13.8. The van der Waals surface area contributed by atoms with E-state index in [9.17, 15) is 4.79 Å². The molecule has 1 aromatic carbocycles. The van der Waals surface area contributed by atoms with Crippen molar-refractivity contribution in [3.63, 3.8) is 0 Å². The topological polar surface area (TPSA) is 73.9 Å². The molecule has 4 rings (SSSR count). The predicted molar refractivity (Wildman–Crippen MR) is 92.9 cm³/mol. The van der Waals surface area contributed by atoms with Crippen LogP contribution in [0.2, 0.25) is 0 Å². The summed E-state index contributed by atoms with van der Waals surface area (Å²) >= 11 is 0. The number of carbonyl (C=O) groups excluding carboxylic acids is 1. The van der Waals surface area contributed by atoms with E-state index in [0.29, 0.717) is 18.7 Å². The molecule has 2 N–H and O–H groups in total. The molecule has 24 heavy (non-hydrogen) atoms. The molecule has 1 aliphatic heterocycles. The second kappa shape index (κ2) is 5.96. The molecule has 6 nitrogen and oxygen atoms in total. The van der Waals surface area contributed by atoms with Crippen LogP contribution in [-0.4, -0.2) is 39.1 Å². The first kappa shape index (κ1) is 14.7. The molecule has 3 heterocycles. The van der Waals surface area contributed by atoms with Crippen LogP contribution >= 0.6 is 0 Å². The van der Waals surface area contributed by atoms with Gasteiger partial charge in [-0.05, 0) is 42.1 Å². The monoisotopic (exact) mass is 321 g/mol. The van der Waals surface area contributed by atoms with Crippen LogP contribution in [0.5, 0.6) is 0 Å². The van der Waals surface area contributed by atoms with Crippen molar-refractivity contribution >= 4 is 22.6 Å². The van der Waals surface area contributed by atoms with Gasteiger partial charge in [-0.1, -0.05) is 6.07 Å². The van der Waals surface area contributed by atoms with Crippen molar-refractivity contribution in [1.82, 2.24) is 20.1 Å². The van der Waals surface area contributed by atoms with Gasteiger partial charge in [0.05, 0.1) is 5.69 Å². The summed E-state index contributed by atoms with van der Waals surface area (Å²) < 4.78 is 0. The molecule has 0 saturated carbocycles. The molecule has 0 unspecified atom stereocenters. The van der Waals surface area contributed by atoms with Gasteiger partial charge >= 0.3 is 0 Å². The van der Waals surface area contributed by atoms with Crippen LogP contribution in [0, 0.1) is 0 Å². The fourth-order valence-corrected chi connectivity index (χ4v) is 3.13. The zero-order valence-corrected chi connectivity index (χ0v) is 13.5. The number of benzene rings is 1. The van der Waals surface area contributed by atoms with Gasteiger partial charge in [-0.25, -0.2) is 0 Å². The summed E-state index contributed by atoms with van der Waals surface area (Å²) in [6, 6.07) is 9.79. The number of carbonyl (C=O) groups is 1. The Kier molecular flexibility index (Phi) is 3.65. The highest BCUT2D eigenvalue weighted by Crippen LogP contribution is 2.22. The third kappa shape index (κ3) is 2.60. The van der Waals surface area contributed by atoms with Crippen molar-refractivity contribution < 1.29 is 4.79 Å². The smallest absolute Gasteiger partial charge is 0.254 e. The lowest BCUT2D eigenvalue weighted by Crippen LogP contribution is -2.36. The summed E-state index contributed by atoms with van der Waals surface area (Å²) in [5.74, 6) is 0.817. The minimum absolute atomic E-state index is 0.0546. The summed E-state index contributed by atoms with van der Waals surface area (Å²) in [5, 5.41) is 12.7. The number of hydrogen-bond donors (Lipinski definition) is 2. The average Bonchev–Trinajstić information content (AvgIpc) is 3.08. The lowest BCUT2D eigenvalue weighted by molar-refractivity contribution is 0.0733. The Morgan fingerprint density at radius 3 is 3.08 bits per heavy atom. The van der Waals surface area contributed by atoms with Gasteiger partial charge in [-0.2, -0.15) is 5.10 Å². The van der Waals surface area contributed by atoms with Gasteiger partial charge < -0.3 is 15.2 Å². The molecule has 0 spiro atoms. The van der Waals surface area contributed by atoms with Crippen molar-refractivity contribution in [2.24, 2.45) is 0 Å². The number of aromatic amines is 1. The third-order valence-corrected chi connectivity index (χ3v) is 4.39. The maximum atomic E-state index is 12.8. The number of hydrogen-bond acceptors (Lipinski definition) is 4. The fraction of sp³-hybridized carbons (Fsp3) is 0.278. The molecule has 6 heteroatoms. The zero-order chi connectivity index (χ0) is 16.5. The lowest BCUT2D eigenvalue weighted by Gasteiger charge is -2.28. The predicted octanol–water partition coefficient (Wildman–Crippen LogP) is 2.59. The number of H-pyrrole nitrogens is 1. The molecule has 0 aliphatic carbocycles. The van der Waals surface area contributed by atoms with Crippen LogP contribution in [0.15, 0.2) is 36.5 Å². The Balaban J connectivity index is 1.58. The zero-order valence-electron chi connectivity index (χ0n) is 13.5. The van der Waals surface area contributed by atoms with Crippen molar-refractivity contribution in [2.45, 2.75) is 19.9 Å². The van der Waals surface area contributed by atoms with E-state index in [1.807, 2.05) is 48.4 Å². The van der Waals surface area contributed by atoms with Crippen LogP contribution in [0.4, 0.5) is 5.82 Å². The van der Waals surface area contributed by atoms with E-state index in [0.717, 1.165) is 40.9 Å². The molecular formula is C18H19N5O. The summed E-state index contributed by atoms with van der Waals surface area (Å²) in [7, 11) is 0. The van der Waals surface area contributed by atoms with Gasteiger partial charge in [-0.15, -0.1) is 5.10 Å². The van der Waals surface area contributed by atoms with Gasteiger partial charge in [0.2, 0.25) is 0 Å². The Morgan fingerprint density at radius 2 is 2.21 bits per heavy atom. The molecule has 1 aliphatic rings. The Bertz CT molecular complexity index is 901. The van der Waals surface area contributed by atoms with E-state index < -0.39 is 0 Å². The highest BCUT2D eigenvalue weighted by atomic mass is 16.2. The Hall–Kier alpha value is -2.89. The molecule has 0 atom stereocenters. The summed E-state index contributed by atoms with van der Waals surface area (Å²) in [4.78, 5) is 17.9. The number of anilines is 1. The third-order valence-electron chi connectivity index (χ3n) is 4.39. The minimum atomic E-state index is 0.0546. The van der Waals surface area contributed by atoms with E-state index in [-0.39, 0.29) is 5.91 Å². The first-order valence-electron chi connectivity index (χ1n) is 8.20. The number of aromatic nitrogens is 3. The molecular weight excluding hydrogens is 302 g/mol. The number of nitrogens with zero attached hydrogens (tertiary/aromatic N) is 3. The quantitative estimate of drug-likeness (QED) is 0.777. The van der Waals surface area contributed by atoms with Crippen molar-refractivity contribution in [1.29, 1.82) is 0 Å². The van der Waals surface area contributed by atoms with Gasteiger partial charge in [0.25, 0.3) is 5.91 Å². The van der Waals surface area contributed by atoms with E-state index in [4.69, 9.17) is 0 Å². The molecule has 0 saturated heterocycles. The SMILES string of the molecule is CCNc1cc2c(nn1)CCN(C(=O)c1ccc3cc[nH]c3c1)C2. The summed E-state index contributed by atoms with van der Waals surface area (Å²) in [5.41, 5.74) is 3.75. The van der Waals surface area contributed by atoms with Crippen molar-refractivity contribution in [2.75, 3.05) is 18.4 Å². The van der Waals surface area contributed by atoms with E-state index in [1.54, 1.807) is 0 Å². The molecule has 0 fully saturated rings. The van der Waals surface area contributed by atoms with Crippen LogP contribution in [0.1, 0.15) is 28.5 Å². The van der Waals surface area contributed by atoms with Crippen molar-refractivity contribution in [3.05, 3.63) is 53.3 Å². The van der Waals surface area contributed by atoms with Crippen LogP contribution < -0.4 is 5.32 Å². The number of rotatable bonds is 3. The second-order valence-electron chi connectivity index (χ2n) is 5.99. The molecule has 1 amide bonds. The number of nitrogens with one attached hydrogen (secondary N) is 2. The Labute approximate surface area is 139 Å². The first-order chi connectivity index (χ1) is 11.7. The number of fused-ring (bicyclic) bond motifs is 2. The van der Waals surface area contributed by atoms with Gasteiger partial charge in [0, 0.05) is 43.3 Å². The molecule has 0 radical (unpaired) electrons. The summed E-state index contributed by atoms with van der Waals surface area (Å²) in [6.07, 6.45) is 2.63. The maximum absolute atomic E-state index is 12.8. The highest BCUT2D eigenvalue weighted by Gasteiger charge is 2.23. The first-order valence-corrected chi connectivity index (χ1v) is 8.20. The largest absolute Gasteiger partial charge is 0.369 e. The molecule has 122 valence electrons. The van der Waals surface area contributed by atoms with E-state index in [2.05, 4.69) is 20.5 Å². The van der Waals surface area contributed by atoms with Crippen LogP contribution in [0.25, 0.3) is 10.9 Å². The second-order valence-corrected chi connectivity index (χ2v) is 5.99.